The van der Waals surface area contributed by atoms with Crippen LogP contribution in [0.3, 0.4) is 0 Å². The molecule has 1 aromatic heterocycles. The van der Waals surface area contributed by atoms with E-state index in [1.165, 1.54) is 13.8 Å². The Morgan fingerprint density at radius 3 is 2.55 bits per heavy atom. The minimum Gasteiger partial charge on any atom is -0.497 e. The molecule has 1 aromatic carbocycles. The third-order valence-corrected chi connectivity index (χ3v) is 4.79. The Morgan fingerprint density at radius 1 is 1.16 bits per heavy atom. The van der Waals surface area contributed by atoms with E-state index in [9.17, 15) is 14.4 Å². The Hall–Kier alpha value is -3.56. The molecule has 166 valence electrons. The number of anilines is 3. The van der Waals surface area contributed by atoms with Crippen molar-refractivity contribution in [1.82, 2.24) is 9.97 Å². The maximum atomic E-state index is 12.8. The second kappa shape index (κ2) is 9.96. The molecule has 1 amide bonds. The average Bonchev–Trinajstić information content (AvgIpc) is 3.05. The first-order chi connectivity index (χ1) is 14.9. The second-order valence-corrected chi connectivity index (χ2v) is 7.27. The number of hydrogen-bond acceptors (Lipinski definition) is 8. The summed E-state index contributed by atoms with van der Waals surface area (Å²) in [7, 11) is 1.61. The number of nitrogens with zero attached hydrogens (tertiary/aromatic N) is 3. The lowest BCUT2D eigenvalue weighted by molar-refractivity contribution is -0.141. The quantitative estimate of drug-likeness (QED) is 0.458. The highest BCUT2D eigenvalue weighted by atomic mass is 16.5. The number of fused-ring (bicyclic) bond motifs is 1. The Morgan fingerprint density at radius 2 is 1.90 bits per heavy atom. The molecule has 10 nitrogen and oxygen atoms in total. The number of aromatic amines is 1. The van der Waals surface area contributed by atoms with Crippen molar-refractivity contribution in [3.8, 4) is 5.75 Å². The SMILES string of the molecule is COc1ccc(CN2CN(CCCCOC(C)=O)c3nc(NC(C)=O)[nH]c(=O)c32)cc1. The van der Waals surface area contributed by atoms with Crippen LogP contribution in [0.5, 0.6) is 5.75 Å². The van der Waals surface area contributed by atoms with Crippen molar-refractivity contribution in [3.05, 3.63) is 40.2 Å². The molecule has 0 spiro atoms. The van der Waals surface area contributed by atoms with Gasteiger partial charge in [0.05, 0.1) is 20.4 Å². The lowest BCUT2D eigenvalue weighted by Gasteiger charge is -2.21. The van der Waals surface area contributed by atoms with Gasteiger partial charge in [0.15, 0.2) is 5.82 Å². The molecule has 2 aromatic rings. The van der Waals surface area contributed by atoms with Crippen LogP contribution in [0.25, 0.3) is 0 Å². The molecule has 1 aliphatic heterocycles. The van der Waals surface area contributed by atoms with Crippen LogP contribution in [-0.2, 0) is 20.9 Å². The van der Waals surface area contributed by atoms with Gasteiger partial charge in [-0.15, -0.1) is 0 Å². The topological polar surface area (TPSA) is 117 Å². The van der Waals surface area contributed by atoms with Gasteiger partial charge in [0.2, 0.25) is 11.9 Å². The molecule has 3 rings (SSSR count). The number of benzene rings is 1. The monoisotopic (exact) mass is 429 g/mol. The molecule has 2 N–H and O–H groups in total. The van der Waals surface area contributed by atoms with Gasteiger partial charge in [-0.05, 0) is 30.5 Å². The normalized spacial score (nSPS) is 12.5. The third-order valence-electron chi connectivity index (χ3n) is 4.79. The minimum absolute atomic E-state index is 0.118. The van der Waals surface area contributed by atoms with Gasteiger partial charge < -0.3 is 19.3 Å². The fourth-order valence-electron chi connectivity index (χ4n) is 3.41. The van der Waals surface area contributed by atoms with Crippen LogP contribution in [0.1, 0.15) is 32.3 Å². The van der Waals surface area contributed by atoms with Crippen molar-refractivity contribution in [2.75, 3.05) is 42.0 Å². The van der Waals surface area contributed by atoms with E-state index < -0.39 is 0 Å². The molecule has 2 heterocycles. The fourth-order valence-corrected chi connectivity index (χ4v) is 3.41. The highest BCUT2D eigenvalue weighted by molar-refractivity contribution is 5.87. The maximum Gasteiger partial charge on any atom is 0.302 e. The van der Waals surface area contributed by atoms with Crippen LogP contribution in [0.4, 0.5) is 17.5 Å². The van der Waals surface area contributed by atoms with Gasteiger partial charge in [-0.3, -0.25) is 24.7 Å². The Kier molecular flexibility index (Phi) is 7.11. The number of amides is 1. The second-order valence-electron chi connectivity index (χ2n) is 7.27. The van der Waals surface area contributed by atoms with E-state index in [4.69, 9.17) is 9.47 Å². The summed E-state index contributed by atoms with van der Waals surface area (Å²) in [5, 5.41) is 2.54. The highest BCUT2D eigenvalue weighted by Gasteiger charge is 2.31. The number of carbonyl (C=O) groups excluding carboxylic acids is 2. The van der Waals surface area contributed by atoms with E-state index in [0.29, 0.717) is 44.3 Å². The number of methoxy groups -OCH3 is 1. The largest absolute Gasteiger partial charge is 0.497 e. The zero-order valence-corrected chi connectivity index (χ0v) is 17.9. The van der Waals surface area contributed by atoms with Crippen molar-refractivity contribution in [2.45, 2.75) is 33.2 Å². The van der Waals surface area contributed by atoms with Gasteiger partial charge in [0.1, 0.15) is 11.4 Å². The van der Waals surface area contributed by atoms with Crippen LogP contribution >= 0.6 is 0 Å². The van der Waals surface area contributed by atoms with Gasteiger partial charge >= 0.3 is 5.97 Å². The van der Waals surface area contributed by atoms with E-state index in [1.54, 1.807) is 7.11 Å². The standard InChI is InChI=1S/C21H27N5O5/c1-14(27)22-21-23-19-18(20(29)24-21)26(12-16-6-8-17(30-3)9-7-16)13-25(19)10-4-5-11-31-15(2)28/h6-9H,4-5,10-13H2,1-3H3,(H2,22,23,24,27,29). The molecule has 1 aliphatic rings. The van der Waals surface area contributed by atoms with E-state index in [0.717, 1.165) is 17.7 Å². The van der Waals surface area contributed by atoms with Crippen LogP contribution in [0.2, 0.25) is 0 Å². The summed E-state index contributed by atoms with van der Waals surface area (Å²) in [5.74, 6) is 0.787. The lowest BCUT2D eigenvalue weighted by atomic mass is 10.2. The highest BCUT2D eigenvalue weighted by Crippen LogP contribution is 2.33. The number of ether oxygens (including phenoxy) is 2. The Labute approximate surface area is 180 Å². The summed E-state index contributed by atoms with van der Waals surface area (Å²) in [6.45, 7) is 4.72. The number of H-pyrrole nitrogens is 1. The molecule has 10 heteroatoms. The van der Waals surface area contributed by atoms with Crippen molar-refractivity contribution in [1.29, 1.82) is 0 Å². The number of aromatic nitrogens is 2. The Bertz CT molecular complexity index is 989. The fraction of sp³-hybridized carbons (Fsp3) is 0.429. The predicted octanol–water partition coefficient (Wildman–Crippen LogP) is 1.86. The van der Waals surface area contributed by atoms with Crippen molar-refractivity contribution < 1.29 is 19.1 Å². The molecule has 0 unspecified atom stereocenters. The number of esters is 1. The summed E-state index contributed by atoms with van der Waals surface area (Å²) in [6.07, 6.45) is 1.46. The van der Waals surface area contributed by atoms with Gasteiger partial charge in [0.25, 0.3) is 5.56 Å². The molecule has 0 fully saturated rings. The van der Waals surface area contributed by atoms with Crippen molar-refractivity contribution in [2.24, 2.45) is 0 Å². The van der Waals surface area contributed by atoms with Crippen molar-refractivity contribution >= 4 is 29.3 Å². The molecule has 0 bridgehead atoms. The van der Waals surface area contributed by atoms with E-state index in [-0.39, 0.29) is 23.4 Å². The number of unbranched alkanes of at least 4 members (excludes halogenated alkanes) is 1. The smallest absolute Gasteiger partial charge is 0.302 e. The summed E-state index contributed by atoms with van der Waals surface area (Å²) in [5.41, 5.74) is 1.17. The predicted molar refractivity (Wildman–Crippen MR) is 116 cm³/mol. The number of rotatable bonds is 9. The van der Waals surface area contributed by atoms with Gasteiger partial charge in [0, 0.05) is 26.9 Å². The zero-order chi connectivity index (χ0) is 22.4. The molecule has 0 atom stereocenters. The number of hydrogen-bond donors (Lipinski definition) is 2. The molecular formula is C21H27N5O5. The van der Waals surface area contributed by atoms with Gasteiger partial charge in [-0.1, -0.05) is 12.1 Å². The first kappa shape index (κ1) is 22.1. The summed E-state index contributed by atoms with van der Waals surface area (Å²) >= 11 is 0. The molecule has 0 saturated carbocycles. The molecule has 0 aliphatic carbocycles. The van der Waals surface area contributed by atoms with Gasteiger partial charge in [-0.2, -0.15) is 4.98 Å². The molecule has 31 heavy (non-hydrogen) atoms. The summed E-state index contributed by atoms with van der Waals surface area (Å²) in [4.78, 5) is 46.2. The summed E-state index contributed by atoms with van der Waals surface area (Å²) in [6, 6.07) is 7.66. The van der Waals surface area contributed by atoms with Crippen LogP contribution in [0, 0.1) is 0 Å². The minimum atomic E-state index is -0.316. The van der Waals surface area contributed by atoms with E-state index in [1.807, 2.05) is 34.1 Å². The maximum absolute atomic E-state index is 12.8. The molecule has 0 radical (unpaired) electrons. The van der Waals surface area contributed by atoms with Crippen LogP contribution in [-0.4, -0.2) is 48.8 Å². The lowest BCUT2D eigenvalue weighted by Crippen LogP contribution is -2.32. The van der Waals surface area contributed by atoms with Crippen LogP contribution in [0.15, 0.2) is 29.1 Å². The average molecular weight is 429 g/mol. The van der Waals surface area contributed by atoms with Crippen molar-refractivity contribution in [3.63, 3.8) is 0 Å². The zero-order valence-electron chi connectivity index (χ0n) is 17.9. The molecular weight excluding hydrogens is 402 g/mol. The van der Waals surface area contributed by atoms with Crippen LogP contribution < -0.4 is 25.4 Å². The van der Waals surface area contributed by atoms with E-state index >= 15 is 0 Å². The Balaban J connectivity index is 1.79. The van der Waals surface area contributed by atoms with Gasteiger partial charge in [-0.25, -0.2) is 0 Å². The first-order valence-corrected chi connectivity index (χ1v) is 10.1. The number of carbonyl (C=O) groups is 2. The first-order valence-electron chi connectivity index (χ1n) is 10.1. The molecule has 0 saturated heterocycles. The number of nitrogens with one attached hydrogen (secondary N) is 2. The third kappa shape index (κ3) is 5.74. The summed E-state index contributed by atoms with van der Waals surface area (Å²) < 4.78 is 10.2. The van der Waals surface area contributed by atoms with E-state index in [2.05, 4.69) is 15.3 Å².